The second-order valence-corrected chi connectivity index (χ2v) is 42.2. The molecule has 0 amide bonds. The number of ether oxygens (including phenoxy) is 1. The van der Waals surface area contributed by atoms with Gasteiger partial charge in [0.1, 0.15) is 39.5 Å². The lowest BCUT2D eigenvalue weighted by atomic mass is 10.0. The van der Waals surface area contributed by atoms with Crippen molar-refractivity contribution in [3.05, 3.63) is 424 Å². The summed E-state index contributed by atoms with van der Waals surface area (Å²) in [4.78, 5) is 79.4. The van der Waals surface area contributed by atoms with Crippen LogP contribution in [-0.4, -0.2) is 130 Å². The molecule has 0 spiro atoms. The summed E-state index contributed by atoms with van der Waals surface area (Å²) in [6.45, 7) is 7.45. The van der Waals surface area contributed by atoms with Gasteiger partial charge in [0.2, 0.25) is 34.4 Å². The van der Waals surface area contributed by atoms with Crippen LogP contribution in [0.2, 0.25) is 10.0 Å². The third-order valence-electron chi connectivity index (χ3n) is 21.7. The Labute approximate surface area is 829 Å². The van der Waals surface area contributed by atoms with E-state index in [0.717, 1.165) is 94.9 Å². The average molecular weight is 2010 g/mol. The average Bonchev–Trinajstić information content (AvgIpc) is 1.03. The first-order valence-corrected chi connectivity index (χ1v) is 51.8. The molecule has 140 heavy (non-hydrogen) atoms. The molecule has 0 fully saturated rings. The highest BCUT2D eigenvalue weighted by Gasteiger charge is 2.32. The molecule has 6 heterocycles. The van der Waals surface area contributed by atoms with Crippen molar-refractivity contribution in [1.82, 2.24) is 66.9 Å². The number of carbonyl (C=O) groups is 4. The Morgan fingerprint density at radius 3 is 1.11 bits per heavy atom. The third-order valence-corrected chi connectivity index (χ3v) is 30.8. The number of hydrogen-bond acceptors (Lipinski definition) is 23. The van der Waals surface area contributed by atoms with Crippen LogP contribution < -0.4 is 4.74 Å². The summed E-state index contributed by atoms with van der Waals surface area (Å²) in [5, 5.41) is 6.50. The fraction of sp³-hybridized carbons (Fsp3) is 0.179. The van der Waals surface area contributed by atoms with Crippen LogP contribution in [0.15, 0.2) is 372 Å². The van der Waals surface area contributed by atoms with Gasteiger partial charge in [0.25, 0.3) is 10.0 Å². The van der Waals surface area contributed by atoms with E-state index in [2.05, 4.69) is 45.0 Å². The van der Waals surface area contributed by atoms with Gasteiger partial charge in [-0.15, -0.1) is 11.3 Å². The molecule has 0 atom stereocenters. The molecule has 6 aromatic heterocycles. The molecule has 0 aliphatic heterocycles. The van der Waals surface area contributed by atoms with Crippen molar-refractivity contribution in [2.45, 2.75) is 138 Å². The minimum absolute atomic E-state index is 0.0406. The molecule has 34 heteroatoms. The van der Waals surface area contributed by atoms with Gasteiger partial charge in [-0.2, -0.15) is 22.3 Å². The van der Waals surface area contributed by atoms with E-state index < -0.39 is 40.1 Å². The molecule has 16 rings (SSSR count). The smallest absolute Gasteiger partial charge is 0.270 e. The number of benzene rings is 10. The number of aryl methyl sites for hydroxylation is 3. The fourth-order valence-corrected chi connectivity index (χ4v) is 21.7. The highest BCUT2D eigenvalue weighted by molar-refractivity contribution is 7.91. The van der Waals surface area contributed by atoms with Crippen molar-refractivity contribution >= 4 is 97.8 Å². The van der Waals surface area contributed by atoms with Crippen molar-refractivity contribution in [3.63, 3.8) is 0 Å². The summed E-state index contributed by atoms with van der Waals surface area (Å²) in [6, 6.07) is 83.2. The number of sulfonamides is 4. The highest BCUT2D eigenvalue weighted by Crippen LogP contribution is 2.33. The zero-order valence-electron chi connectivity index (χ0n) is 77.0. The number of nitrogens with zero attached hydrogens (tertiary/aromatic N) is 14. The van der Waals surface area contributed by atoms with Gasteiger partial charge in [-0.3, -0.25) is 9.78 Å². The Hall–Kier alpha value is -13.9. The predicted molar refractivity (Wildman–Crippen MR) is 540 cm³/mol. The van der Waals surface area contributed by atoms with Gasteiger partial charge in [0, 0.05) is 167 Å². The zero-order valence-corrected chi connectivity index (χ0v) is 82.6. The third kappa shape index (κ3) is 30.3. The van der Waals surface area contributed by atoms with E-state index >= 15 is 0 Å². The number of thiazole rings is 1. The van der Waals surface area contributed by atoms with Crippen LogP contribution in [0.3, 0.4) is 0 Å². The topological polar surface area (TPSA) is 348 Å². The molecule has 0 saturated heterocycles. The number of hydrogen-bond donors (Lipinski definition) is 0. The highest BCUT2D eigenvalue weighted by atomic mass is 35.5. The van der Waals surface area contributed by atoms with Gasteiger partial charge < -0.3 is 19.1 Å². The molecule has 716 valence electrons. The number of carbonyl (C=O) groups excluding carboxylic acids is 4. The van der Waals surface area contributed by atoms with Crippen molar-refractivity contribution in [2.24, 2.45) is 0 Å². The van der Waals surface area contributed by atoms with Crippen molar-refractivity contribution in [3.8, 4) is 45.6 Å². The Kier molecular flexibility index (Phi) is 37.1. The molecule has 0 N–H and O–H groups in total. The first-order chi connectivity index (χ1) is 67.5. The molecular weight excluding hydrogens is 1910 g/mol. The maximum atomic E-state index is 13.7. The largest absolute Gasteiger partial charge is 0.486 e. The number of halogens is 2. The normalized spacial score (nSPS) is 11.5. The van der Waals surface area contributed by atoms with E-state index in [9.17, 15) is 52.8 Å². The van der Waals surface area contributed by atoms with E-state index in [4.69, 9.17) is 27.9 Å². The van der Waals surface area contributed by atoms with Crippen LogP contribution in [0.5, 0.6) is 5.75 Å². The van der Waals surface area contributed by atoms with Crippen molar-refractivity contribution < 1.29 is 57.6 Å². The maximum absolute atomic E-state index is 13.7. The van der Waals surface area contributed by atoms with E-state index in [0.29, 0.717) is 66.8 Å². The van der Waals surface area contributed by atoms with Crippen molar-refractivity contribution in [1.29, 1.82) is 0 Å². The summed E-state index contributed by atoms with van der Waals surface area (Å²) in [7, 11) is -15.3. The van der Waals surface area contributed by atoms with Gasteiger partial charge in [0.15, 0.2) is 23.3 Å². The quantitative estimate of drug-likeness (QED) is 0.0344. The molecule has 16 aromatic rings. The Morgan fingerprint density at radius 2 is 0.721 bits per heavy atom. The lowest BCUT2D eigenvalue weighted by Gasteiger charge is -2.23. The number of pyridine rings is 1. The van der Waals surface area contributed by atoms with E-state index in [1.54, 1.807) is 159 Å². The first kappa shape index (κ1) is 104. The molecule has 0 radical (unpaired) electrons. The number of rotatable bonds is 40. The van der Waals surface area contributed by atoms with Gasteiger partial charge in [-0.05, 0) is 205 Å². The maximum Gasteiger partial charge on any atom is 0.270 e. The van der Waals surface area contributed by atoms with E-state index in [1.165, 1.54) is 54.7 Å². The van der Waals surface area contributed by atoms with Gasteiger partial charge in [0.05, 0.1) is 15.6 Å². The lowest BCUT2D eigenvalue weighted by molar-refractivity contribution is -0.119. The molecule has 0 aliphatic carbocycles. The van der Waals surface area contributed by atoms with Crippen LogP contribution in [-0.2, 0) is 131 Å². The monoisotopic (exact) mass is 2010 g/mol. The minimum atomic E-state index is -3.93. The molecule has 10 aromatic carbocycles. The Morgan fingerprint density at radius 1 is 0.336 bits per heavy atom. The molecular formula is C106H100Cl2N14O13S5. The first-order valence-electron chi connectivity index (χ1n) is 44.4. The van der Waals surface area contributed by atoms with Gasteiger partial charge in [-0.1, -0.05) is 205 Å². The molecule has 0 aliphatic rings. The predicted octanol–water partition coefficient (Wildman–Crippen LogP) is 19.6. The summed E-state index contributed by atoms with van der Waals surface area (Å²) in [6.07, 6.45) is 21.3. The lowest BCUT2D eigenvalue weighted by Crippen LogP contribution is -2.30. The number of ketones is 4. The molecule has 0 unspecified atom stereocenters. The summed E-state index contributed by atoms with van der Waals surface area (Å²) in [5.74, 6) is 2.61. The van der Waals surface area contributed by atoms with Gasteiger partial charge >= 0.3 is 0 Å². The molecule has 27 nitrogen and oxygen atoms in total. The van der Waals surface area contributed by atoms with E-state index in [1.807, 2.05) is 188 Å². The van der Waals surface area contributed by atoms with Crippen LogP contribution >= 0.6 is 34.5 Å². The number of Topliss-reactive ketones (excluding diaryl/α,β-unsaturated/α-hetero) is 4. The minimum Gasteiger partial charge on any atom is -0.486 e. The summed E-state index contributed by atoms with van der Waals surface area (Å²) >= 11 is 13.4. The summed E-state index contributed by atoms with van der Waals surface area (Å²) < 4.78 is 122. The van der Waals surface area contributed by atoms with Crippen LogP contribution in [0, 0.1) is 0 Å². The van der Waals surface area contributed by atoms with Crippen LogP contribution in [0.1, 0.15) is 108 Å². The van der Waals surface area contributed by atoms with Crippen LogP contribution in [0.25, 0.3) is 39.9 Å². The van der Waals surface area contributed by atoms with E-state index in [-0.39, 0.29) is 106 Å². The molecule has 0 saturated carbocycles. The Balaban J connectivity index is 0.000000157. The second kappa shape index (κ2) is 50.1. The SMILES string of the molecule is CC(=O)CCc1cccc(CN(Cc2ccc(-c3ncccn3)cc2)S(=O)(=O)c2ccc(Cl)cc2)c1.CC(=O)CCc1cccc(CN(Cc2ccc(-c3ncccn3)cc2)S(=O)(=O)c2cccnc2)c1.CC(=O)CCc1cccc(CN(Cc2ccc(-c3ncccn3)cc2)S(=O)(=O)c2nccs2)c1.CC(=O)COc1cccc(CN(Cc2ccc(-n3cccn3)cc2)S(=O)(=O)c2ccccc2Cl)c1. The summed E-state index contributed by atoms with van der Waals surface area (Å²) in [5.41, 5.74) is 13.0. The second-order valence-electron chi connectivity index (χ2n) is 32.6. The Bertz CT molecular complexity index is 7300. The molecule has 0 bridgehead atoms. The zero-order chi connectivity index (χ0) is 99.0. The number of aromatic nitrogens is 10. The fourth-order valence-electron chi connectivity index (χ4n) is 14.5. The van der Waals surface area contributed by atoms with Crippen molar-refractivity contribution in [2.75, 3.05) is 6.61 Å². The van der Waals surface area contributed by atoms with Gasteiger partial charge in [-0.25, -0.2) is 73.2 Å². The van der Waals surface area contributed by atoms with Crippen LogP contribution in [0.4, 0.5) is 0 Å². The standard InChI is InChI=1S/C28H26ClN3O3S.C27H26N4O3S.C26H24ClN3O4S.C25H24N4O3S2/c1-21(33)6-7-22-4-2-5-24(18-22)20-32(36(34,35)27-14-12-26(29)13-15-27)19-23-8-10-25(11-9-23)28-30-16-3-17-31-28;1-21(32)8-9-22-5-2-6-24(17-22)20-31(35(33,34)26-7-3-14-28-18-26)19-23-10-12-25(13-11-23)27-29-15-4-16-30-27;1-20(31)19-34-24-7-4-6-22(16-24)18-29(35(32,33)26-9-3-2-8-25(26)27)17-21-10-12-23(13-11-21)30-15-5-14-28-30;1-19(30)6-7-20-4-2-5-22(16-20)18-29(34(31,32)25-28-14-15-33-25)17-21-8-10-23(11-9-21)24-26-12-3-13-27-24/h2-5,8-18H,6-7,19-20H2,1H3;2-7,10-18H,8-9,19-20H2,1H3;2-16H,17-19H2,1H3;2-5,8-16H,6-7,17-18H2,1H3.